The van der Waals surface area contributed by atoms with Crippen LogP contribution in [0.15, 0.2) is 496 Å². The summed E-state index contributed by atoms with van der Waals surface area (Å²) in [5, 5.41) is 24.2. The largest absolute Gasteiger partial charge is 0.456 e. The summed E-state index contributed by atoms with van der Waals surface area (Å²) in [6.45, 7) is 0. The second-order valence-corrected chi connectivity index (χ2v) is 39.0. The van der Waals surface area contributed by atoms with E-state index in [0.29, 0.717) is 34.9 Å². The molecule has 0 aliphatic rings. The van der Waals surface area contributed by atoms with E-state index >= 15 is 0 Å². The Balaban J connectivity index is 0.000000106. The maximum atomic E-state index is 6.38. The Morgan fingerprint density at radius 3 is 1.12 bits per heavy atom. The summed E-state index contributed by atoms with van der Waals surface area (Å²) in [5.41, 5.74) is 23.4. The molecule has 0 saturated heterocycles. The highest BCUT2D eigenvalue weighted by molar-refractivity contribution is 7.27. The van der Waals surface area contributed by atoms with E-state index < -0.39 is 0 Å². The van der Waals surface area contributed by atoms with Gasteiger partial charge in [0.15, 0.2) is 34.9 Å². The van der Waals surface area contributed by atoms with E-state index in [1.165, 1.54) is 111 Å². The van der Waals surface area contributed by atoms with Crippen LogP contribution in [0.25, 0.3) is 290 Å². The molecule has 0 saturated carbocycles. The number of hydrogen-bond donors (Lipinski definition) is 0. The number of rotatable bonds is 12. The highest BCUT2D eigenvalue weighted by Gasteiger charge is 2.28. The average Bonchev–Trinajstić information content (AvgIpc) is 1.80. The maximum absolute atomic E-state index is 6.38. The summed E-state index contributed by atoms with van der Waals surface area (Å²) in [5.74, 6) is 3.95. The quantitative estimate of drug-likeness (QED) is 0.118. The molecule has 7 heterocycles. The molecule has 680 valence electrons. The molecule has 0 aliphatic heterocycles. The highest BCUT2D eigenvalue weighted by atomic mass is 32.1. The Bertz CT molecular complexity index is 10400. The van der Waals surface area contributed by atoms with E-state index in [2.05, 4.69) is 393 Å². The van der Waals surface area contributed by atoms with Crippen molar-refractivity contribution in [2.45, 2.75) is 0 Å². The first-order valence-corrected chi connectivity index (χ1v) is 50.7. The van der Waals surface area contributed by atoms with Crippen LogP contribution in [-0.4, -0.2) is 44.4 Å². The van der Waals surface area contributed by atoms with Gasteiger partial charge in [-0.15, -0.1) is 22.7 Å². The van der Waals surface area contributed by atoms with Crippen molar-refractivity contribution in [1.29, 1.82) is 0 Å². The topological polar surface area (TPSA) is 121 Å². The van der Waals surface area contributed by atoms with Crippen molar-refractivity contribution in [3.8, 4) is 130 Å². The van der Waals surface area contributed by atoms with Crippen LogP contribution >= 0.6 is 22.7 Å². The van der Waals surface area contributed by atoms with Crippen molar-refractivity contribution in [2.24, 2.45) is 0 Å². The van der Waals surface area contributed by atoms with Crippen molar-refractivity contribution in [2.75, 3.05) is 0 Å². The molecule has 0 unspecified atom stereocenters. The zero-order chi connectivity index (χ0) is 96.2. The fourth-order valence-electron chi connectivity index (χ4n) is 21.8. The lowest BCUT2D eigenvalue weighted by Gasteiger charge is -2.17. The highest BCUT2D eigenvalue weighted by Crippen LogP contribution is 2.51. The Hall–Kier alpha value is -19.0. The first-order chi connectivity index (χ1) is 72.4. The van der Waals surface area contributed by atoms with E-state index in [0.717, 1.165) is 144 Å². The number of nitrogens with zero attached hydrogens (tertiary/aromatic N) is 9. The number of aromatic nitrogens is 9. The standard InChI is InChI=1S/C48H29N3O.C45H27N3S.C41H25N3S/c1-2-15-31(16-3-1)51-41-26-10-6-18-33(41)36-22-13-23-38(48(36)51)47-46(49-39-24-8-9-25-40(39)50-47)35-19-5-4-17-32(35)34-21-12-14-30-28-29-43-45(44(30)34)37-20-7-11-27-42(37)52-43;1-2-12-29(13-3-1)43-46-44(31-22-21-28-11-4-5-14-30(28)27-31)48-45(47-43)40-26-24-35(32-15-6-7-16-34(32)40)33-18-10-19-38-36(33)23-25-39-37-17-8-9-20-41(37)49-42(38)39;1-3-12-26(13-4-1)39-42-40(27-14-5-2-6-15-27)44-41(43-39)36-25-23-31(28-16-7-8-17-30(28)36)29-19-11-20-34-32(29)22-24-35-33-18-9-10-21-37(33)45-38(34)35/h1-29H;1-27H;1-25H. The number of thiophene rings is 2. The third kappa shape index (κ3) is 14.7. The fourth-order valence-corrected chi connectivity index (χ4v) is 24.2. The van der Waals surface area contributed by atoms with Crippen molar-refractivity contribution < 1.29 is 4.42 Å². The SMILES string of the molecule is c1ccc(-c2nc(-c3ccc4ccccc4c3)nc(-c3ccc(-c4cccc5c4ccc4c6ccccc6sc54)c4ccccc34)n2)cc1.c1ccc(-c2nc(-c3ccccc3)nc(-c3ccc(-c4cccc5c4ccc4c6ccccc6sc54)c4ccccc34)n2)cc1.c1ccc(-n2c3ccccc3c3cccc(-c4nc5ccccc5nc4-c4ccccc4-c4cccc5ccc6oc7ccccc7c6c45)c32)cc1. The number of furan rings is 1. The Kier molecular flexibility index (Phi) is 20.8. The molecule has 0 atom stereocenters. The third-order valence-electron chi connectivity index (χ3n) is 28.5. The minimum absolute atomic E-state index is 0.656. The lowest BCUT2D eigenvalue weighted by Crippen LogP contribution is -2.01. The molecule has 12 heteroatoms. The molecule has 23 aromatic carbocycles. The summed E-state index contributed by atoms with van der Waals surface area (Å²) in [6, 6.07) is 173. The van der Waals surface area contributed by atoms with Gasteiger partial charge in [0.1, 0.15) is 11.2 Å². The molecular formula is C134H81N9OS2. The molecular weight excluding hydrogens is 1820 g/mol. The van der Waals surface area contributed by atoms with E-state index in [9.17, 15) is 0 Å². The normalized spacial score (nSPS) is 11.7. The Morgan fingerprint density at radius 2 is 0.548 bits per heavy atom. The molecule has 30 rings (SSSR count). The summed E-state index contributed by atoms with van der Waals surface area (Å²) < 4.78 is 14.1. The minimum Gasteiger partial charge on any atom is -0.456 e. The van der Waals surface area contributed by atoms with E-state index in [1.54, 1.807) is 0 Å². The van der Waals surface area contributed by atoms with Gasteiger partial charge in [-0.25, -0.2) is 39.9 Å². The molecule has 7 aromatic heterocycles. The van der Waals surface area contributed by atoms with E-state index in [4.69, 9.17) is 44.3 Å². The molecule has 0 fully saturated rings. The monoisotopic (exact) mass is 1900 g/mol. The summed E-state index contributed by atoms with van der Waals surface area (Å²) in [7, 11) is 0. The third-order valence-corrected chi connectivity index (χ3v) is 30.9. The van der Waals surface area contributed by atoms with Gasteiger partial charge in [-0.05, 0) is 155 Å². The van der Waals surface area contributed by atoms with Gasteiger partial charge in [-0.3, -0.25) is 0 Å². The molecule has 10 nitrogen and oxygen atoms in total. The number of benzene rings is 23. The van der Waals surface area contributed by atoms with Crippen LogP contribution in [0, 0.1) is 0 Å². The molecule has 146 heavy (non-hydrogen) atoms. The molecule has 30 aromatic rings. The van der Waals surface area contributed by atoms with E-state index in [1.807, 2.05) is 126 Å². The maximum Gasteiger partial charge on any atom is 0.164 e. The first kappa shape index (κ1) is 85.0. The van der Waals surface area contributed by atoms with Crippen molar-refractivity contribution in [3.05, 3.63) is 491 Å². The lowest BCUT2D eigenvalue weighted by atomic mass is 9.90. The number of para-hydroxylation sites is 6. The summed E-state index contributed by atoms with van der Waals surface area (Å²) in [4.78, 5) is 41.1. The van der Waals surface area contributed by atoms with Crippen LogP contribution < -0.4 is 0 Å². The predicted octanol–water partition coefficient (Wildman–Crippen LogP) is 36.4. The summed E-state index contributed by atoms with van der Waals surface area (Å²) >= 11 is 3.75. The van der Waals surface area contributed by atoms with Gasteiger partial charge in [-0.2, -0.15) is 0 Å². The molecule has 0 radical (unpaired) electrons. The zero-order valence-corrected chi connectivity index (χ0v) is 80.1. The fraction of sp³-hybridized carbons (Fsp3) is 0. The second kappa shape index (κ2) is 35.7. The molecule has 0 aliphatic carbocycles. The zero-order valence-electron chi connectivity index (χ0n) is 78.5. The van der Waals surface area contributed by atoms with Crippen LogP contribution in [0.2, 0.25) is 0 Å². The van der Waals surface area contributed by atoms with Gasteiger partial charge < -0.3 is 8.98 Å². The minimum atomic E-state index is 0.656. The number of fused-ring (bicyclic) bond motifs is 22. The average molecular weight is 1900 g/mol. The summed E-state index contributed by atoms with van der Waals surface area (Å²) in [6.07, 6.45) is 0. The van der Waals surface area contributed by atoms with Crippen molar-refractivity contribution in [3.63, 3.8) is 0 Å². The van der Waals surface area contributed by atoms with Crippen LogP contribution in [0.3, 0.4) is 0 Å². The van der Waals surface area contributed by atoms with Gasteiger partial charge in [0.05, 0.1) is 33.5 Å². The van der Waals surface area contributed by atoms with Crippen molar-refractivity contribution in [1.82, 2.24) is 44.4 Å². The van der Waals surface area contributed by atoms with E-state index in [-0.39, 0.29) is 0 Å². The van der Waals surface area contributed by atoms with Crippen LogP contribution in [0.4, 0.5) is 0 Å². The molecule has 0 amide bonds. The first-order valence-electron chi connectivity index (χ1n) is 49.1. The molecule has 0 N–H and O–H groups in total. The number of hydrogen-bond acceptors (Lipinski definition) is 11. The van der Waals surface area contributed by atoms with Gasteiger partial charge in [0, 0.05) is 128 Å². The lowest BCUT2D eigenvalue weighted by molar-refractivity contribution is 0.669. The van der Waals surface area contributed by atoms with Crippen LogP contribution in [0.5, 0.6) is 0 Å². The Morgan fingerprint density at radius 1 is 0.185 bits per heavy atom. The predicted molar refractivity (Wildman–Crippen MR) is 611 cm³/mol. The van der Waals surface area contributed by atoms with Gasteiger partial charge in [0.25, 0.3) is 0 Å². The van der Waals surface area contributed by atoms with Crippen LogP contribution in [0.1, 0.15) is 0 Å². The van der Waals surface area contributed by atoms with Crippen molar-refractivity contribution >= 4 is 182 Å². The molecule has 0 bridgehead atoms. The smallest absolute Gasteiger partial charge is 0.164 e. The van der Waals surface area contributed by atoms with Gasteiger partial charge >= 0.3 is 0 Å². The van der Waals surface area contributed by atoms with Crippen LogP contribution in [-0.2, 0) is 0 Å². The second-order valence-electron chi connectivity index (χ2n) is 36.9. The van der Waals surface area contributed by atoms with Gasteiger partial charge in [-0.1, -0.05) is 419 Å². The van der Waals surface area contributed by atoms with Gasteiger partial charge in [0.2, 0.25) is 0 Å². The Labute approximate surface area is 846 Å². The molecule has 0 spiro atoms.